The number of thiazole rings is 1. The number of ether oxygens (including phenoxy) is 2. The molecule has 0 aliphatic rings. The molecule has 1 heterocycles. The van der Waals surface area contributed by atoms with Crippen molar-refractivity contribution >= 4 is 40.5 Å². The first kappa shape index (κ1) is 24.3. The van der Waals surface area contributed by atoms with Crippen LogP contribution in [0.5, 0.6) is 11.5 Å². The number of carbonyl (C=O) groups excluding carboxylic acids is 1. The maximum atomic E-state index is 12.1. The van der Waals surface area contributed by atoms with Crippen molar-refractivity contribution in [2.75, 3.05) is 20.7 Å². The highest BCUT2D eigenvalue weighted by atomic mass is 35.5. The van der Waals surface area contributed by atoms with Crippen LogP contribution in [0.25, 0.3) is 22.9 Å². The van der Waals surface area contributed by atoms with E-state index in [1.807, 2.05) is 42.6 Å². The molecule has 0 aliphatic heterocycles. The van der Waals surface area contributed by atoms with Crippen LogP contribution in [-0.2, 0) is 4.79 Å². The second kappa shape index (κ2) is 11.0. The number of nitrogens with zero attached hydrogens (tertiary/aromatic N) is 3. The van der Waals surface area contributed by atoms with Crippen LogP contribution in [0.4, 0.5) is 0 Å². The largest absolute Gasteiger partial charge is 0.490 e. The summed E-state index contributed by atoms with van der Waals surface area (Å²) in [6.45, 7) is 4.00. The molecule has 0 N–H and O–H groups in total. The maximum absolute atomic E-state index is 12.1. The Hall–Kier alpha value is -3.34. The highest BCUT2D eigenvalue weighted by molar-refractivity contribution is 7.11. The summed E-state index contributed by atoms with van der Waals surface area (Å²) in [4.78, 5) is 18.2. The van der Waals surface area contributed by atoms with E-state index in [0.717, 1.165) is 16.8 Å². The van der Waals surface area contributed by atoms with Gasteiger partial charge in [-0.15, -0.1) is 11.3 Å². The number of nitriles is 1. The number of allylic oxidation sites excluding steroid dienone is 1. The van der Waals surface area contributed by atoms with Crippen LogP contribution in [-0.4, -0.2) is 42.6 Å². The van der Waals surface area contributed by atoms with Gasteiger partial charge in [-0.25, -0.2) is 4.98 Å². The second-order valence-electron chi connectivity index (χ2n) is 7.35. The Morgan fingerprint density at radius 2 is 1.97 bits per heavy atom. The molecular weight excluding hydrogens is 458 g/mol. The zero-order valence-electron chi connectivity index (χ0n) is 18.8. The molecule has 0 fully saturated rings. The topological polar surface area (TPSA) is 75.5 Å². The molecule has 0 aliphatic carbocycles. The van der Waals surface area contributed by atoms with Gasteiger partial charge < -0.3 is 14.4 Å². The minimum Gasteiger partial charge on any atom is -0.490 e. The van der Waals surface area contributed by atoms with Crippen molar-refractivity contribution in [3.8, 4) is 28.8 Å². The molecule has 1 unspecified atom stereocenters. The summed E-state index contributed by atoms with van der Waals surface area (Å²) in [5, 5.41) is 12.9. The molecule has 0 saturated heterocycles. The summed E-state index contributed by atoms with van der Waals surface area (Å²) in [6.07, 6.45) is 1.10. The van der Waals surface area contributed by atoms with E-state index in [2.05, 4.69) is 11.1 Å². The first-order chi connectivity index (χ1) is 15.8. The summed E-state index contributed by atoms with van der Waals surface area (Å²) < 4.78 is 11.6. The van der Waals surface area contributed by atoms with E-state index in [4.69, 9.17) is 21.1 Å². The molecule has 0 spiro atoms. The summed E-state index contributed by atoms with van der Waals surface area (Å²) in [6, 6.07) is 15.0. The fraction of sp³-hybridized carbons (Fsp3) is 0.240. The molecule has 3 aromatic rings. The van der Waals surface area contributed by atoms with Gasteiger partial charge in [0.1, 0.15) is 11.1 Å². The number of carbonyl (C=O) groups is 1. The number of benzene rings is 2. The fourth-order valence-corrected chi connectivity index (χ4v) is 3.96. The number of rotatable bonds is 8. The highest BCUT2D eigenvalue weighted by Gasteiger charge is 2.19. The standard InChI is InChI=1S/C25H24ClN3O3S/c1-5-31-23-13-17(6-11-22(23)32-16(2)25(30)29(3)4)12-19(14-27)24-28-21(15-33-24)18-7-9-20(26)10-8-18/h6-13,15-16H,5H2,1-4H3/b19-12+. The summed E-state index contributed by atoms with van der Waals surface area (Å²) in [5.74, 6) is 0.825. The van der Waals surface area contributed by atoms with Gasteiger partial charge in [-0.05, 0) is 49.8 Å². The van der Waals surface area contributed by atoms with Crippen molar-refractivity contribution in [2.24, 2.45) is 0 Å². The van der Waals surface area contributed by atoms with Crippen LogP contribution in [0, 0.1) is 11.3 Å². The molecule has 33 heavy (non-hydrogen) atoms. The van der Waals surface area contributed by atoms with E-state index >= 15 is 0 Å². The minimum atomic E-state index is -0.656. The lowest BCUT2D eigenvalue weighted by molar-refractivity contribution is -0.135. The smallest absolute Gasteiger partial charge is 0.262 e. The third-order valence-corrected chi connectivity index (χ3v) is 5.79. The molecule has 0 radical (unpaired) electrons. The van der Waals surface area contributed by atoms with Crippen molar-refractivity contribution in [3.63, 3.8) is 0 Å². The summed E-state index contributed by atoms with van der Waals surface area (Å²) in [7, 11) is 3.36. The van der Waals surface area contributed by atoms with Gasteiger partial charge in [0.15, 0.2) is 17.6 Å². The molecule has 6 nitrogen and oxygen atoms in total. The van der Waals surface area contributed by atoms with Crippen molar-refractivity contribution in [2.45, 2.75) is 20.0 Å². The van der Waals surface area contributed by atoms with Gasteiger partial charge >= 0.3 is 0 Å². The van der Waals surface area contributed by atoms with Gasteiger partial charge in [-0.2, -0.15) is 5.26 Å². The molecular formula is C25H24ClN3O3S. The highest BCUT2D eigenvalue weighted by Crippen LogP contribution is 2.32. The van der Waals surface area contributed by atoms with Crippen molar-refractivity contribution < 1.29 is 14.3 Å². The minimum absolute atomic E-state index is 0.145. The summed E-state index contributed by atoms with van der Waals surface area (Å²) >= 11 is 7.36. The van der Waals surface area contributed by atoms with Gasteiger partial charge in [-0.3, -0.25) is 4.79 Å². The number of likely N-dealkylation sites (N-methyl/N-ethyl adjacent to an activating group) is 1. The van der Waals surface area contributed by atoms with E-state index in [0.29, 0.717) is 33.7 Å². The van der Waals surface area contributed by atoms with Crippen molar-refractivity contribution in [3.05, 3.63) is 63.4 Å². The maximum Gasteiger partial charge on any atom is 0.262 e. The Morgan fingerprint density at radius 3 is 2.61 bits per heavy atom. The van der Waals surface area contributed by atoms with E-state index in [9.17, 15) is 10.1 Å². The van der Waals surface area contributed by atoms with Gasteiger partial charge in [0.05, 0.1) is 17.9 Å². The molecule has 170 valence electrons. The molecule has 1 amide bonds. The number of hydrogen-bond acceptors (Lipinski definition) is 6. The molecule has 0 bridgehead atoms. The molecule has 1 atom stereocenters. The lowest BCUT2D eigenvalue weighted by atomic mass is 10.1. The van der Waals surface area contributed by atoms with Crippen LogP contribution >= 0.6 is 22.9 Å². The van der Waals surface area contributed by atoms with Gasteiger partial charge in [0, 0.05) is 30.1 Å². The quantitative estimate of drug-likeness (QED) is 0.381. The monoisotopic (exact) mass is 481 g/mol. The van der Waals surface area contributed by atoms with Crippen molar-refractivity contribution in [1.82, 2.24) is 9.88 Å². The Kier molecular flexibility index (Phi) is 8.10. The van der Waals surface area contributed by atoms with Gasteiger partial charge in [0.25, 0.3) is 5.91 Å². The van der Waals surface area contributed by atoms with Gasteiger partial charge in [-0.1, -0.05) is 29.8 Å². The Balaban J connectivity index is 1.88. The average molecular weight is 482 g/mol. The molecule has 8 heteroatoms. The first-order valence-corrected chi connectivity index (χ1v) is 11.6. The number of amides is 1. The lowest BCUT2D eigenvalue weighted by Crippen LogP contribution is -2.35. The normalized spacial score (nSPS) is 12.1. The Labute approximate surface area is 202 Å². The van der Waals surface area contributed by atoms with Crippen LogP contribution < -0.4 is 9.47 Å². The SMILES string of the molecule is CCOc1cc(/C=C(\C#N)c2nc(-c3ccc(Cl)cc3)cs2)ccc1OC(C)C(=O)N(C)C. The Morgan fingerprint density at radius 1 is 1.24 bits per heavy atom. The molecule has 2 aromatic carbocycles. The first-order valence-electron chi connectivity index (χ1n) is 10.3. The van der Waals surface area contributed by atoms with Crippen LogP contribution in [0.2, 0.25) is 5.02 Å². The van der Waals surface area contributed by atoms with E-state index in [1.54, 1.807) is 39.2 Å². The Bertz CT molecular complexity index is 1200. The van der Waals surface area contributed by atoms with Crippen molar-refractivity contribution in [1.29, 1.82) is 5.26 Å². The lowest BCUT2D eigenvalue weighted by Gasteiger charge is -2.20. The van der Waals surface area contributed by atoms with E-state index < -0.39 is 6.10 Å². The summed E-state index contributed by atoms with van der Waals surface area (Å²) in [5.41, 5.74) is 2.91. The fourth-order valence-electron chi connectivity index (χ4n) is 3.04. The molecule has 0 saturated carbocycles. The molecule has 3 rings (SSSR count). The van der Waals surface area contributed by atoms with Gasteiger partial charge in [0.2, 0.25) is 0 Å². The molecule has 1 aromatic heterocycles. The average Bonchev–Trinajstić information content (AvgIpc) is 3.29. The zero-order valence-corrected chi connectivity index (χ0v) is 20.4. The number of halogens is 1. The van der Waals surface area contributed by atoms with E-state index in [-0.39, 0.29) is 5.91 Å². The van der Waals surface area contributed by atoms with E-state index in [1.165, 1.54) is 16.2 Å². The zero-order chi connectivity index (χ0) is 24.0. The number of aromatic nitrogens is 1. The van der Waals surface area contributed by atoms with Crippen LogP contribution in [0.1, 0.15) is 24.4 Å². The van der Waals surface area contributed by atoms with Crippen LogP contribution in [0.3, 0.4) is 0 Å². The number of hydrogen-bond donors (Lipinski definition) is 0. The predicted molar refractivity (Wildman–Crippen MR) is 132 cm³/mol. The third-order valence-electron chi connectivity index (χ3n) is 4.67. The van der Waals surface area contributed by atoms with Crippen LogP contribution in [0.15, 0.2) is 47.8 Å². The second-order valence-corrected chi connectivity index (χ2v) is 8.64. The predicted octanol–water partition coefficient (Wildman–Crippen LogP) is 5.78. The third kappa shape index (κ3) is 6.13.